The number of anilines is 1. The zero-order valence-corrected chi connectivity index (χ0v) is 17.6. The molecule has 0 radical (unpaired) electrons. The Labute approximate surface area is 178 Å². The van der Waals surface area contributed by atoms with Gasteiger partial charge in [0, 0.05) is 65.5 Å². The Morgan fingerprint density at radius 3 is 2.60 bits per heavy atom. The average molecular weight is 407 g/mol. The Morgan fingerprint density at radius 2 is 1.90 bits per heavy atom. The van der Waals surface area contributed by atoms with Gasteiger partial charge in [-0.3, -0.25) is 9.79 Å². The van der Waals surface area contributed by atoms with Gasteiger partial charge in [-0.2, -0.15) is 0 Å². The monoisotopic (exact) mass is 406 g/mol. The summed E-state index contributed by atoms with van der Waals surface area (Å²) in [6.45, 7) is 5.97. The number of carbonyl (C=O) groups excluding carboxylic acids is 1. The van der Waals surface area contributed by atoms with E-state index in [2.05, 4.69) is 55.4 Å². The predicted octanol–water partition coefficient (Wildman–Crippen LogP) is 2.10. The molecule has 2 aliphatic rings. The molecule has 0 bridgehead atoms. The van der Waals surface area contributed by atoms with Crippen LogP contribution in [0.4, 0.5) is 5.82 Å². The van der Waals surface area contributed by atoms with Crippen LogP contribution in [0, 0.1) is 0 Å². The molecular formula is C23H30N6O. The Balaban J connectivity index is 1.30. The van der Waals surface area contributed by atoms with E-state index in [1.807, 2.05) is 30.3 Å². The van der Waals surface area contributed by atoms with Crippen LogP contribution in [0.25, 0.3) is 0 Å². The lowest BCUT2D eigenvalue weighted by Crippen LogP contribution is -2.52. The summed E-state index contributed by atoms with van der Waals surface area (Å²) in [5.41, 5.74) is 2.39. The number of piperazine rings is 1. The van der Waals surface area contributed by atoms with E-state index in [0.717, 1.165) is 57.5 Å². The molecule has 0 saturated carbocycles. The van der Waals surface area contributed by atoms with E-state index in [1.54, 1.807) is 0 Å². The van der Waals surface area contributed by atoms with Crippen LogP contribution in [0.1, 0.15) is 24.0 Å². The number of nitrogens with one attached hydrogen (secondary N) is 1. The second kappa shape index (κ2) is 9.61. The van der Waals surface area contributed by atoms with Crippen molar-refractivity contribution < 1.29 is 4.79 Å². The number of aromatic nitrogens is 1. The van der Waals surface area contributed by atoms with E-state index in [9.17, 15) is 4.79 Å². The highest BCUT2D eigenvalue weighted by Crippen LogP contribution is 2.16. The smallest absolute Gasteiger partial charge is 0.222 e. The maximum absolute atomic E-state index is 11.9. The normalized spacial score (nSPS) is 17.6. The zero-order valence-electron chi connectivity index (χ0n) is 17.6. The van der Waals surface area contributed by atoms with Crippen molar-refractivity contribution in [3.63, 3.8) is 0 Å². The third-order valence-corrected chi connectivity index (χ3v) is 5.75. The fourth-order valence-electron chi connectivity index (χ4n) is 4.13. The lowest BCUT2D eigenvalue weighted by molar-refractivity contribution is -0.128. The van der Waals surface area contributed by atoms with Gasteiger partial charge in [0.05, 0.1) is 0 Å². The lowest BCUT2D eigenvalue weighted by Gasteiger charge is -2.37. The van der Waals surface area contributed by atoms with Crippen LogP contribution >= 0.6 is 0 Å². The van der Waals surface area contributed by atoms with Crippen LogP contribution in [-0.2, 0) is 17.9 Å². The van der Waals surface area contributed by atoms with Crippen LogP contribution in [0.5, 0.6) is 0 Å². The highest BCUT2D eigenvalue weighted by Gasteiger charge is 2.21. The molecule has 1 aromatic heterocycles. The van der Waals surface area contributed by atoms with Crippen molar-refractivity contribution in [1.82, 2.24) is 20.1 Å². The molecule has 1 amide bonds. The molecule has 158 valence electrons. The molecule has 7 nitrogen and oxygen atoms in total. The third-order valence-electron chi connectivity index (χ3n) is 5.75. The Hall–Kier alpha value is -3.09. The van der Waals surface area contributed by atoms with Gasteiger partial charge in [-0.1, -0.05) is 30.3 Å². The molecule has 3 heterocycles. The molecule has 4 rings (SSSR count). The highest BCUT2D eigenvalue weighted by molar-refractivity contribution is 5.80. The van der Waals surface area contributed by atoms with Gasteiger partial charge in [-0.25, -0.2) is 4.98 Å². The summed E-state index contributed by atoms with van der Waals surface area (Å²) in [4.78, 5) is 27.4. The summed E-state index contributed by atoms with van der Waals surface area (Å²) in [5.74, 6) is 2.23. The van der Waals surface area contributed by atoms with E-state index in [-0.39, 0.29) is 5.91 Å². The van der Waals surface area contributed by atoms with E-state index < -0.39 is 0 Å². The number of pyridine rings is 1. The van der Waals surface area contributed by atoms with Crippen molar-refractivity contribution in [3.8, 4) is 0 Å². The summed E-state index contributed by atoms with van der Waals surface area (Å²) < 4.78 is 0. The molecule has 0 unspecified atom stereocenters. The number of likely N-dealkylation sites (tertiary alicyclic amines) is 1. The Kier molecular flexibility index (Phi) is 6.47. The van der Waals surface area contributed by atoms with E-state index in [4.69, 9.17) is 0 Å². The molecule has 7 heteroatoms. The molecule has 2 aromatic rings. The summed E-state index contributed by atoms with van der Waals surface area (Å²) >= 11 is 0. The third kappa shape index (κ3) is 4.90. The van der Waals surface area contributed by atoms with Crippen molar-refractivity contribution in [2.75, 3.05) is 44.7 Å². The molecule has 2 aliphatic heterocycles. The first-order valence-corrected chi connectivity index (χ1v) is 10.7. The fourth-order valence-corrected chi connectivity index (χ4v) is 4.13. The molecule has 0 spiro atoms. The van der Waals surface area contributed by atoms with Gasteiger partial charge in [0.15, 0.2) is 5.96 Å². The quantitative estimate of drug-likeness (QED) is 0.609. The number of aliphatic imine (C=N–C) groups is 1. The van der Waals surface area contributed by atoms with Gasteiger partial charge in [0.2, 0.25) is 5.91 Å². The molecule has 1 aromatic carbocycles. The van der Waals surface area contributed by atoms with Crippen molar-refractivity contribution in [2.24, 2.45) is 4.99 Å². The number of nitrogens with zero attached hydrogens (tertiary/aromatic N) is 5. The molecule has 0 aliphatic carbocycles. The zero-order chi connectivity index (χ0) is 20.8. The highest BCUT2D eigenvalue weighted by atomic mass is 16.2. The maximum Gasteiger partial charge on any atom is 0.222 e. The van der Waals surface area contributed by atoms with Crippen molar-refractivity contribution in [1.29, 1.82) is 0 Å². The number of hydrogen-bond donors (Lipinski definition) is 1. The Bertz CT molecular complexity index is 876. The molecule has 0 atom stereocenters. The van der Waals surface area contributed by atoms with Gasteiger partial charge in [-0.15, -0.1) is 0 Å². The minimum atomic E-state index is 0.267. The molecule has 2 fully saturated rings. The van der Waals surface area contributed by atoms with E-state index in [0.29, 0.717) is 13.0 Å². The van der Waals surface area contributed by atoms with Gasteiger partial charge in [0.25, 0.3) is 0 Å². The number of benzene rings is 1. The van der Waals surface area contributed by atoms with Gasteiger partial charge in [0.1, 0.15) is 5.82 Å². The molecule has 1 N–H and O–H groups in total. The summed E-state index contributed by atoms with van der Waals surface area (Å²) in [6.07, 6.45) is 3.51. The first-order chi connectivity index (χ1) is 14.7. The second-order valence-corrected chi connectivity index (χ2v) is 7.80. The van der Waals surface area contributed by atoms with Crippen molar-refractivity contribution >= 4 is 17.7 Å². The van der Waals surface area contributed by atoms with Crippen LogP contribution in [0.15, 0.2) is 53.7 Å². The largest absolute Gasteiger partial charge is 0.353 e. The number of guanidine groups is 1. The number of carbonyl (C=O) groups is 1. The maximum atomic E-state index is 11.9. The van der Waals surface area contributed by atoms with Crippen LogP contribution in [-0.4, -0.2) is 66.4 Å². The van der Waals surface area contributed by atoms with Crippen LogP contribution in [0.2, 0.25) is 0 Å². The summed E-state index contributed by atoms with van der Waals surface area (Å²) in [7, 11) is 1.84. The molecule has 2 saturated heterocycles. The predicted molar refractivity (Wildman–Crippen MR) is 119 cm³/mol. The van der Waals surface area contributed by atoms with Gasteiger partial charge >= 0.3 is 0 Å². The summed E-state index contributed by atoms with van der Waals surface area (Å²) in [5, 5.41) is 3.50. The van der Waals surface area contributed by atoms with Gasteiger partial charge in [-0.05, 0) is 29.7 Å². The fraction of sp³-hybridized carbons (Fsp3) is 0.435. The minimum Gasteiger partial charge on any atom is -0.353 e. The second-order valence-electron chi connectivity index (χ2n) is 7.80. The topological polar surface area (TPSA) is 64.1 Å². The van der Waals surface area contributed by atoms with E-state index >= 15 is 0 Å². The first-order valence-electron chi connectivity index (χ1n) is 10.7. The standard InChI is InChI=1S/C23H30N6O/c1-24-23(28-14-12-27(13-15-28)21-8-2-3-10-25-21)26-17-19-6-4-7-20(16-19)18-29-11-5-9-22(29)30/h2-4,6-8,10,16H,5,9,11-15,17-18H2,1H3,(H,24,26). The average Bonchev–Trinajstić information content (AvgIpc) is 3.20. The molecular weight excluding hydrogens is 376 g/mol. The van der Waals surface area contributed by atoms with Crippen LogP contribution < -0.4 is 10.2 Å². The SMILES string of the molecule is CN=C(NCc1cccc(CN2CCCC2=O)c1)N1CCN(c2ccccn2)CC1. The molecule has 30 heavy (non-hydrogen) atoms. The number of hydrogen-bond acceptors (Lipinski definition) is 4. The van der Waals surface area contributed by atoms with E-state index in [1.165, 1.54) is 11.1 Å². The minimum absolute atomic E-state index is 0.267. The summed E-state index contributed by atoms with van der Waals surface area (Å²) in [6, 6.07) is 14.5. The number of amides is 1. The van der Waals surface area contributed by atoms with Crippen molar-refractivity contribution in [3.05, 3.63) is 59.8 Å². The first kappa shape index (κ1) is 20.2. The number of rotatable bonds is 5. The lowest BCUT2D eigenvalue weighted by atomic mass is 10.1. The van der Waals surface area contributed by atoms with Gasteiger partial charge < -0.3 is 20.0 Å². The Morgan fingerprint density at radius 1 is 1.07 bits per heavy atom. The van der Waals surface area contributed by atoms with Crippen molar-refractivity contribution in [2.45, 2.75) is 25.9 Å². The van der Waals surface area contributed by atoms with Crippen LogP contribution in [0.3, 0.4) is 0 Å².